The predicted molar refractivity (Wildman–Crippen MR) is 88.9 cm³/mol. The summed E-state index contributed by atoms with van der Waals surface area (Å²) >= 11 is 0. The second kappa shape index (κ2) is 8.37. The molecule has 2 fully saturated rings. The van der Waals surface area contributed by atoms with Crippen molar-refractivity contribution in [3.05, 3.63) is 35.9 Å². The van der Waals surface area contributed by atoms with Crippen LogP contribution in [0, 0.1) is 0 Å². The van der Waals surface area contributed by atoms with Crippen molar-refractivity contribution < 1.29 is 19.1 Å². The third kappa shape index (κ3) is 4.41. The van der Waals surface area contributed by atoms with E-state index >= 15 is 0 Å². The number of hydrogen-bond donors (Lipinski definition) is 1. The SMILES string of the molecule is O=C(CCC(=O)c1ccccc1)N[C@@H]1COC[C@H]1N1CCOCC1. The highest BCUT2D eigenvalue weighted by atomic mass is 16.5. The molecule has 0 aromatic heterocycles. The van der Waals surface area contributed by atoms with Crippen LogP contribution in [-0.2, 0) is 14.3 Å². The molecule has 130 valence electrons. The Morgan fingerprint density at radius 1 is 1.04 bits per heavy atom. The van der Waals surface area contributed by atoms with E-state index < -0.39 is 0 Å². The van der Waals surface area contributed by atoms with Gasteiger partial charge in [-0.1, -0.05) is 30.3 Å². The summed E-state index contributed by atoms with van der Waals surface area (Å²) in [5.41, 5.74) is 0.653. The Morgan fingerprint density at radius 2 is 1.79 bits per heavy atom. The minimum Gasteiger partial charge on any atom is -0.379 e. The van der Waals surface area contributed by atoms with Crippen LogP contribution >= 0.6 is 0 Å². The highest BCUT2D eigenvalue weighted by molar-refractivity contribution is 5.97. The summed E-state index contributed by atoms with van der Waals surface area (Å²) in [6.45, 7) is 4.35. The number of morpholine rings is 1. The van der Waals surface area contributed by atoms with Gasteiger partial charge in [0, 0.05) is 31.5 Å². The van der Waals surface area contributed by atoms with Crippen molar-refractivity contribution in [2.45, 2.75) is 24.9 Å². The van der Waals surface area contributed by atoms with Gasteiger partial charge in [-0.3, -0.25) is 14.5 Å². The number of benzene rings is 1. The first-order chi connectivity index (χ1) is 11.7. The average molecular weight is 332 g/mol. The third-order valence-electron chi connectivity index (χ3n) is 4.59. The molecule has 2 heterocycles. The summed E-state index contributed by atoms with van der Waals surface area (Å²) < 4.78 is 10.9. The molecule has 0 bridgehead atoms. The fourth-order valence-electron chi connectivity index (χ4n) is 3.22. The monoisotopic (exact) mass is 332 g/mol. The van der Waals surface area contributed by atoms with Gasteiger partial charge in [-0.05, 0) is 0 Å². The van der Waals surface area contributed by atoms with Gasteiger partial charge in [-0.2, -0.15) is 0 Å². The van der Waals surface area contributed by atoms with E-state index in [-0.39, 0.29) is 36.6 Å². The van der Waals surface area contributed by atoms with Crippen LogP contribution in [0.25, 0.3) is 0 Å². The Kier molecular flexibility index (Phi) is 5.96. The molecular weight excluding hydrogens is 308 g/mol. The molecular formula is C18H24N2O4. The number of rotatable bonds is 6. The lowest BCUT2D eigenvalue weighted by molar-refractivity contribution is -0.122. The molecule has 2 atom stereocenters. The molecule has 6 heteroatoms. The lowest BCUT2D eigenvalue weighted by Gasteiger charge is -2.34. The molecule has 0 radical (unpaired) electrons. The number of carbonyl (C=O) groups excluding carboxylic acids is 2. The van der Waals surface area contributed by atoms with Gasteiger partial charge in [0.05, 0.1) is 38.5 Å². The first kappa shape index (κ1) is 17.1. The minimum atomic E-state index is -0.0898. The third-order valence-corrected chi connectivity index (χ3v) is 4.59. The van der Waals surface area contributed by atoms with Crippen molar-refractivity contribution in [1.82, 2.24) is 10.2 Å². The molecule has 6 nitrogen and oxygen atoms in total. The highest BCUT2D eigenvalue weighted by Gasteiger charge is 2.34. The Labute approximate surface area is 142 Å². The van der Waals surface area contributed by atoms with Gasteiger partial charge >= 0.3 is 0 Å². The fourth-order valence-corrected chi connectivity index (χ4v) is 3.22. The molecule has 3 rings (SSSR count). The maximum Gasteiger partial charge on any atom is 0.220 e. The van der Waals surface area contributed by atoms with Crippen molar-refractivity contribution in [3.63, 3.8) is 0 Å². The van der Waals surface area contributed by atoms with E-state index in [9.17, 15) is 9.59 Å². The molecule has 0 saturated carbocycles. The molecule has 1 amide bonds. The molecule has 2 aliphatic heterocycles. The quantitative estimate of drug-likeness (QED) is 0.783. The van der Waals surface area contributed by atoms with Crippen molar-refractivity contribution in [3.8, 4) is 0 Å². The molecule has 24 heavy (non-hydrogen) atoms. The second-order valence-corrected chi connectivity index (χ2v) is 6.22. The number of ether oxygens (including phenoxy) is 2. The molecule has 1 aromatic carbocycles. The zero-order valence-corrected chi connectivity index (χ0v) is 13.8. The molecule has 0 aliphatic carbocycles. The van der Waals surface area contributed by atoms with Crippen LogP contribution in [0.2, 0.25) is 0 Å². The van der Waals surface area contributed by atoms with Crippen molar-refractivity contribution in [2.75, 3.05) is 39.5 Å². The lowest BCUT2D eigenvalue weighted by Crippen LogP contribution is -2.54. The molecule has 2 saturated heterocycles. The second-order valence-electron chi connectivity index (χ2n) is 6.22. The van der Waals surface area contributed by atoms with Gasteiger partial charge in [-0.25, -0.2) is 0 Å². The van der Waals surface area contributed by atoms with Gasteiger partial charge in [0.2, 0.25) is 5.91 Å². The first-order valence-electron chi connectivity index (χ1n) is 8.51. The van der Waals surface area contributed by atoms with Gasteiger partial charge in [0.1, 0.15) is 0 Å². The summed E-state index contributed by atoms with van der Waals surface area (Å²) in [5.74, 6) is -0.0915. The Balaban J connectivity index is 1.46. The van der Waals surface area contributed by atoms with E-state index in [4.69, 9.17) is 9.47 Å². The van der Waals surface area contributed by atoms with E-state index in [1.54, 1.807) is 12.1 Å². The van der Waals surface area contributed by atoms with Crippen molar-refractivity contribution in [2.24, 2.45) is 0 Å². The van der Waals surface area contributed by atoms with E-state index in [1.807, 2.05) is 18.2 Å². The van der Waals surface area contributed by atoms with Gasteiger partial charge in [0.15, 0.2) is 5.78 Å². The topological polar surface area (TPSA) is 67.9 Å². The Morgan fingerprint density at radius 3 is 2.54 bits per heavy atom. The summed E-state index contributed by atoms with van der Waals surface area (Å²) in [7, 11) is 0. The fraction of sp³-hybridized carbons (Fsp3) is 0.556. The summed E-state index contributed by atoms with van der Waals surface area (Å²) in [5, 5.41) is 3.03. The first-order valence-corrected chi connectivity index (χ1v) is 8.51. The molecule has 2 aliphatic rings. The number of carbonyl (C=O) groups is 2. The zero-order chi connectivity index (χ0) is 16.8. The van der Waals surface area contributed by atoms with Crippen LogP contribution in [-0.4, -0.2) is 68.2 Å². The largest absolute Gasteiger partial charge is 0.379 e. The van der Waals surface area contributed by atoms with Crippen LogP contribution in [0.15, 0.2) is 30.3 Å². The number of ketones is 1. The molecule has 0 unspecified atom stereocenters. The van der Waals surface area contributed by atoms with Gasteiger partial charge in [-0.15, -0.1) is 0 Å². The maximum absolute atomic E-state index is 12.2. The maximum atomic E-state index is 12.2. The Bertz CT molecular complexity index is 557. The molecule has 1 aromatic rings. The predicted octanol–water partition coefficient (Wildman–Crippen LogP) is 0.865. The normalized spacial score (nSPS) is 24.7. The number of hydrogen-bond acceptors (Lipinski definition) is 5. The van der Waals surface area contributed by atoms with Crippen LogP contribution in [0.3, 0.4) is 0 Å². The lowest BCUT2D eigenvalue weighted by atomic mass is 10.1. The summed E-state index contributed by atoms with van der Waals surface area (Å²) in [4.78, 5) is 26.6. The van der Waals surface area contributed by atoms with Crippen molar-refractivity contribution in [1.29, 1.82) is 0 Å². The highest BCUT2D eigenvalue weighted by Crippen LogP contribution is 2.15. The van der Waals surface area contributed by atoms with Crippen molar-refractivity contribution >= 4 is 11.7 Å². The van der Waals surface area contributed by atoms with Crippen LogP contribution < -0.4 is 5.32 Å². The number of Topliss-reactive ketones (excluding diaryl/α,β-unsaturated/α-hetero) is 1. The van der Waals surface area contributed by atoms with Crippen LogP contribution in [0.4, 0.5) is 0 Å². The molecule has 0 spiro atoms. The number of amides is 1. The standard InChI is InChI=1S/C18H24N2O4/c21-17(14-4-2-1-3-5-14)6-7-18(22)19-15-12-24-13-16(15)20-8-10-23-11-9-20/h1-5,15-16H,6-13H2,(H,19,22)/t15-,16-/m1/s1. The van der Waals surface area contributed by atoms with Gasteiger partial charge in [0.25, 0.3) is 0 Å². The molecule has 1 N–H and O–H groups in total. The van der Waals surface area contributed by atoms with E-state index in [2.05, 4.69) is 10.2 Å². The number of nitrogens with zero attached hydrogens (tertiary/aromatic N) is 1. The van der Waals surface area contributed by atoms with E-state index in [0.29, 0.717) is 18.8 Å². The average Bonchev–Trinajstić information content (AvgIpc) is 3.09. The Hall–Kier alpha value is -1.76. The van der Waals surface area contributed by atoms with Crippen LogP contribution in [0.5, 0.6) is 0 Å². The van der Waals surface area contributed by atoms with Gasteiger partial charge < -0.3 is 14.8 Å². The summed E-state index contributed by atoms with van der Waals surface area (Å²) in [6.07, 6.45) is 0.436. The van der Waals surface area contributed by atoms with E-state index in [1.165, 1.54) is 0 Å². The van der Waals surface area contributed by atoms with Crippen LogP contribution in [0.1, 0.15) is 23.2 Å². The zero-order valence-electron chi connectivity index (χ0n) is 13.8. The number of nitrogens with one attached hydrogen (secondary N) is 1. The van der Waals surface area contributed by atoms with E-state index in [0.717, 1.165) is 26.3 Å². The minimum absolute atomic E-state index is 0.00171. The smallest absolute Gasteiger partial charge is 0.220 e. The summed E-state index contributed by atoms with van der Waals surface area (Å²) in [6, 6.07) is 9.27.